The van der Waals surface area contributed by atoms with Crippen molar-refractivity contribution in [2.45, 2.75) is 32.4 Å². The molecule has 0 fully saturated rings. The Balaban J connectivity index is 2.39. The summed E-state index contributed by atoms with van der Waals surface area (Å²) in [5.41, 5.74) is 7.11. The lowest BCUT2D eigenvalue weighted by atomic mass is 10.1. The predicted molar refractivity (Wildman–Crippen MR) is 59.1 cm³/mol. The number of hydrogen-bond acceptors (Lipinski definition) is 2. The van der Waals surface area contributed by atoms with E-state index in [0.717, 1.165) is 12.0 Å². The fourth-order valence-electron chi connectivity index (χ4n) is 1.18. The topological polar surface area (TPSA) is 35.2 Å². The van der Waals surface area contributed by atoms with E-state index < -0.39 is 0 Å². The van der Waals surface area contributed by atoms with Gasteiger partial charge in [0.25, 0.3) is 0 Å². The Bertz CT molecular complexity index is 248. The molecule has 1 rings (SSSR count). The monoisotopic (exact) mass is 193 g/mol. The van der Waals surface area contributed by atoms with Crippen LogP contribution in [0.5, 0.6) is 0 Å². The lowest BCUT2D eigenvalue weighted by molar-refractivity contribution is 0.0539. The summed E-state index contributed by atoms with van der Waals surface area (Å²) < 4.78 is 5.58. The summed E-state index contributed by atoms with van der Waals surface area (Å²) in [6.07, 6.45) is 1.33. The fourth-order valence-corrected chi connectivity index (χ4v) is 1.18. The van der Waals surface area contributed by atoms with E-state index in [2.05, 4.69) is 13.8 Å². The van der Waals surface area contributed by atoms with E-state index in [4.69, 9.17) is 10.5 Å². The first kappa shape index (κ1) is 11.2. The van der Waals surface area contributed by atoms with Crippen molar-refractivity contribution in [3.05, 3.63) is 35.9 Å². The number of hydrogen-bond donors (Lipinski definition) is 1. The van der Waals surface area contributed by atoms with Gasteiger partial charge in [0.05, 0.1) is 18.8 Å². The number of nitrogens with two attached hydrogens (primary N) is 1. The van der Waals surface area contributed by atoms with E-state index >= 15 is 0 Å². The van der Waals surface area contributed by atoms with Crippen LogP contribution in [-0.4, -0.2) is 12.7 Å². The Hall–Kier alpha value is -0.860. The first-order chi connectivity index (χ1) is 6.74. The second-order valence-corrected chi connectivity index (χ2v) is 3.57. The maximum atomic E-state index is 5.97. The number of rotatable bonds is 5. The molecule has 2 nitrogen and oxygen atoms in total. The van der Waals surface area contributed by atoms with Gasteiger partial charge in [-0.2, -0.15) is 0 Å². The molecule has 78 valence electrons. The zero-order valence-electron chi connectivity index (χ0n) is 8.94. The fraction of sp³-hybridized carbons (Fsp3) is 0.500. The number of ether oxygens (including phenoxy) is 1. The smallest absolute Gasteiger partial charge is 0.0662 e. The van der Waals surface area contributed by atoms with Crippen LogP contribution >= 0.6 is 0 Å². The molecule has 0 amide bonds. The third kappa shape index (κ3) is 3.48. The van der Waals surface area contributed by atoms with Crippen molar-refractivity contribution in [1.29, 1.82) is 0 Å². The highest BCUT2D eigenvalue weighted by molar-refractivity contribution is 5.18. The molecular weight excluding hydrogens is 174 g/mol. The molecule has 2 atom stereocenters. The molecule has 14 heavy (non-hydrogen) atoms. The first-order valence-corrected chi connectivity index (χ1v) is 5.16. The van der Waals surface area contributed by atoms with E-state index in [1.165, 1.54) is 0 Å². The Morgan fingerprint density at radius 1 is 1.29 bits per heavy atom. The molecule has 0 bridgehead atoms. The largest absolute Gasteiger partial charge is 0.377 e. The summed E-state index contributed by atoms with van der Waals surface area (Å²) in [5, 5.41) is 0. The molecule has 2 N–H and O–H groups in total. The summed E-state index contributed by atoms with van der Waals surface area (Å²) in [7, 11) is 0. The van der Waals surface area contributed by atoms with Crippen molar-refractivity contribution in [1.82, 2.24) is 0 Å². The first-order valence-electron chi connectivity index (χ1n) is 5.16. The highest BCUT2D eigenvalue weighted by Gasteiger charge is 2.07. The minimum absolute atomic E-state index is 0.00907. The van der Waals surface area contributed by atoms with E-state index in [-0.39, 0.29) is 6.04 Å². The standard InChI is InChI=1S/C12H19NO/c1-3-10(2)14-9-12(13)11-7-5-4-6-8-11/h4-8,10,12H,3,9,13H2,1-2H3/t10?,12-/m0/s1. The van der Waals surface area contributed by atoms with Crippen molar-refractivity contribution < 1.29 is 4.74 Å². The molecule has 0 spiro atoms. The lowest BCUT2D eigenvalue weighted by Crippen LogP contribution is -2.20. The van der Waals surface area contributed by atoms with E-state index in [0.29, 0.717) is 12.7 Å². The third-order valence-corrected chi connectivity index (χ3v) is 2.36. The molecular formula is C12H19NO. The summed E-state index contributed by atoms with van der Waals surface area (Å²) in [6.45, 7) is 4.77. The SMILES string of the molecule is CCC(C)OC[C@H](N)c1ccccc1. The van der Waals surface area contributed by atoms with Crippen LogP contribution in [0.4, 0.5) is 0 Å². The Labute approximate surface area is 86.1 Å². The van der Waals surface area contributed by atoms with Crippen molar-refractivity contribution >= 4 is 0 Å². The average molecular weight is 193 g/mol. The maximum absolute atomic E-state index is 5.97. The van der Waals surface area contributed by atoms with Gasteiger partial charge in [0, 0.05) is 0 Å². The van der Waals surface area contributed by atoms with Gasteiger partial charge in [-0.3, -0.25) is 0 Å². The average Bonchev–Trinajstić information content (AvgIpc) is 2.26. The number of benzene rings is 1. The molecule has 0 saturated heterocycles. The molecule has 0 aromatic heterocycles. The molecule has 1 unspecified atom stereocenters. The molecule has 1 aromatic rings. The normalized spacial score (nSPS) is 15.1. The van der Waals surface area contributed by atoms with Gasteiger partial charge >= 0.3 is 0 Å². The van der Waals surface area contributed by atoms with Crippen LogP contribution in [0.25, 0.3) is 0 Å². The van der Waals surface area contributed by atoms with Crippen LogP contribution < -0.4 is 5.73 Å². The minimum atomic E-state index is -0.00907. The van der Waals surface area contributed by atoms with Gasteiger partial charge in [0.15, 0.2) is 0 Å². The van der Waals surface area contributed by atoms with Crippen LogP contribution in [-0.2, 0) is 4.74 Å². The molecule has 0 radical (unpaired) electrons. The maximum Gasteiger partial charge on any atom is 0.0662 e. The molecule has 0 saturated carbocycles. The molecule has 0 aliphatic carbocycles. The molecule has 0 aliphatic rings. The molecule has 1 aromatic carbocycles. The lowest BCUT2D eigenvalue weighted by Gasteiger charge is -2.16. The van der Waals surface area contributed by atoms with Gasteiger partial charge in [-0.25, -0.2) is 0 Å². The summed E-state index contributed by atoms with van der Waals surface area (Å²) in [5.74, 6) is 0. The van der Waals surface area contributed by atoms with Gasteiger partial charge in [-0.15, -0.1) is 0 Å². The Kier molecular flexibility index (Phi) is 4.63. The van der Waals surface area contributed by atoms with Crippen LogP contribution in [0, 0.1) is 0 Å². The van der Waals surface area contributed by atoms with E-state index in [1.54, 1.807) is 0 Å². The Morgan fingerprint density at radius 3 is 2.50 bits per heavy atom. The van der Waals surface area contributed by atoms with Crippen LogP contribution in [0.15, 0.2) is 30.3 Å². The Morgan fingerprint density at radius 2 is 1.93 bits per heavy atom. The second-order valence-electron chi connectivity index (χ2n) is 3.57. The van der Waals surface area contributed by atoms with Gasteiger partial charge in [0.2, 0.25) is 0 Å². The predicted octanol–water partition coefficient (Wildman–Crippen LogP) is 2.50. The second kappa shape index (κ2) is 5.78. The van der Waals surface area contributed by atoms with Gasteiger partial charge in [-0.1, -0.05) is 37.3 Å². The molecule has 2 heteroatoms. The zero-order chi connectivity index (χ0) is 10.4. The van der Waals surface area contributed by atoms with Crippen molar-refractivity contribution in [2.24, 2.45) is 5.73 Å². The summed E-state index contributed by atoms with van der Waals surface area (Å²) >= 11 is 0. The van der Waals surface area contributed by atoms with Gasteiger partial charge in [0.1, 0.15) is 0 Å². The summed E-state index contributed by atoms with van der Waals surface area (Å²) in [4.78, 5) is 0. The minimum Gasteiger partial charge on any atom is -0.377 e. The molecule has 0 heterocycles. The van der Waals surface area contributed by atoms with Gasteiger partial charge in [-0.05, 0) is 18.9 Å². The quantitative estimate of drug-likeness (QED) is 0.779. The van der Waals surface area contributed by atoms with E-state index in [9.17, 15) is 0 Å². The zero-order valence-corrected chi connectivity index (χ0v) is 8.94. The van der Waals surface area contributed by atoms with Crippen molar-refractivity contribution in [3.8, 4) is 0 Å². The van der Waals surface area contributed by atoms with Crippen molar-refractivity contribution in [2.75, 3.05) is 6.61 Å². The highest BCUT2D eigenvalue weighted by Crippen LogP contribution is 2.10. The van der Waals surface area contributed by atoms with Crippen LogP contribution in [0.3, 0.4) is 0 Å². The third-order valence-electron chi connectivity index (χ3n) is 2.36. The van der Waals surface area contributed by atoms with Crippen LogP contribution in [0.1, 0.15) is 31.9 Å². The highest BCUT2D eigenvalue weighted by atomic mass is 16.5. The van der Waals surface area contributed by atoms with E-state index in [1.807, 2.05) is 30.3 Å². The van der Waals surface area contributed by atoms with Crippen LogP contribution in [0.2, 0.25) is 0 Å². The summed E-state index contributed by atoms with van der Waals surface area (Å²) in [6, 6.07) is 10.0. The van der Waals surface area contributed by atoms with Gasteiger partial charge < -0.3 is 10.5 Å². The van der Waals surface area contributed by atoms with Crippen molar-refractivity contribution in [3.63, 3.8) is 0 Å². The molecule has 0 aliphatic heterocycles.